The van der Waals surface area contributed by atoms with Crippen LogP contribution in [-0.2, 0) is 4.79 Å². The first-order valence-corrected chi connectivity index (χ1v) is 5.83. The summed E-state index contributed by atoms with van der Waals surface area (Å²) in [6, 6.07) is 0. The summed E-state index contributed by atoms with van der Waals surface area (Å²) >= 11 is 0. The third-order valence-electron chi connectivity index (χ3n) is 5.98. The molecular weight excluding hydrogens is 192 g/mol. The van der Waals surface area contributed by atoms with Gasteiger partial charge in [0.05, 0.1) is 6.10 Å². The minimum absolute atomic E-state index is 0.0696. The Morgan fingerprint density at radius 1 is 1.40 bits per heavy atom. The van der Waals surface area contributed by atoms with Crippen LogP contribution in [0.5, 0.6) is 0 Å². The van der Waals surface area contributed by atoms with Crippen LogP contribution in [0.2, 0.25) is 0 Å². The van der Waals surface area contributed by atoms with E-state index in [2.05, 4.69) is 13.8 Å². The van der Waals surface area contributed by atoms with E-state index in [1.807, 2.05) is 0 Å². The molecule has 0 heterocycles. The van der Waals surface area contributed by atoms with Gasteiger partial charge >= 0.3 is 5.97 Å². The van der Waals surface area contributed by atoms with Crippen LogP contribution in [0.25, 0.3) is 0 Å². The Bertz CT molecular complexity index is 338. The lowest BCUT2D eigenvalue weighted by Crippen LogP contribution is -2.30. The van der Waals surface area contributed by atoms with Gasteiger partial charge in [-0.15, -0.1) is 0 Å². The van der Waals surface area contributed by atoms with Crippen LogP contribution in [0.15, 0.2) is 0 Å². The van der Waals surface area contributed by atoms with Crippen molar-refractivity contribution in [2.45, 2.75) is 39.2 Å². The molecule has 0 aliphatic heterocycles. The summed E-state index contributed by atoms with van der Waals surface area (Å²) in [5.41, 5.74) is 0.312. The molecule has 15 heavy (non-hydrogen) atoms. The van der Waals surface area contributed by atoms with Crippen molar-refractivity contribution in [1.82, 2.24) is 0 Å². The van der Waals surface area contributed by atoms with Gasteiger partial charge in [-0.05, 0) is 41.4 Å². The van der Waals surface area contributed by atoms with Crippen LogP contribution in [-0.4, -0.2) is 22.3 Å². The molecule has 0 radical (unpaired) electrons. The highest BCUT2D eigenvalue weighted by molar-refractivity contribution is 5.66. The highest BCUT2D eigenvalue weighted by Gasteiger charge is 2.84. The molecule has 4 aliphatic rings. The maximum Gasteiger partial charge on any atom is 0.303 e. The van der Waals surface area contributed by atoms with Crippen molar-refractivity contribution >= 4 is 5.97 Å². The van der Waals surface area contributed by atoms with E-state index in [4.69, 9.17) is 5.11 Å². The molecule has 4 bridgehead atoms. The van der Waals surface area contributed by atoms with E-state index in [1.54, 1.807) is 0 Å². The molecule has 4 fully saturated rings. The number of hydrogen-bond acceptors (Lipinski definition) is 2. The summed E-state index contributed by atoms with van der Waals surface area (Å²) < 4.78 is 0. The fraction of sp³-hybridized carbons (Fsp3) is 0.917. The number of hydrogen-bond donors (Lipinski definition) is 2. The Balaban J connectivity index is 1.85. The van der Waals surface area contributed by atoms with Crippen LogP contribution in [0.1, 0.15) is 33.1 Å². The number of carbonyl (C=O) groups is 1. The van der Waals surface area contributed by atoms with Crippen molar-refractivity contribution < 1.29 is 15.0 Å². The smallest absolute Gasteiger partial charge is 0.303 e. The van der Waals surface area contributed by atoms with Crippen molar-refractivity contribution in [3.8, 4) is 0 Å². The predicted octanol–water partition coefficient (Wildman–Crippen LogP) is 1.50. The van der Waals surface area contributed by atoms with Gasteiger partial charge in [-0.1, -0.05) is 13.8 Å². The van der Waals surface area contributed by atoms with Crippen LogP contribution >= 0.6 is 0 Å². The van der Waals surface area contributed by atoms with Crippen LogP contribution in [0, 0.1) is 28.6 Å². The van der Waals surface area contributed by atoms with Gasteiger partial charge in [0.2, 0.25) is 0 Å². The van der Waals surface area contributed by atoms with E-state index >= 15 is 0 Å². The minimum Gasteiger partial charge on any atom is -0.481 e. The Kier molecular flexibility index (Phi) is 1.54. The average Bonchev–Trinajstić information content (AvgIpc) is 2.41. The quantitative estimate of drug-likeness (QED) is 0.742. The van der Waals surface area contributed by atoms with Crippen LogP contribution in [0.3, 0.4) is 0 Å². The van der Waals surface area contributed by atoms with E-state index in [0.29, 0.717) is 17.8 Å². The minimum atomic E-state index is -0.712. The standard InChI is InChI=1S/C12H18O3/c1-11(4-3-8(13)14)7-5-6-9(10(7)15)12(6,11)2/h6-7,9-10,15H,3-5H2,1-2H3,(H,13,14). The summed E-state index contributed by atoms with van der Waals surface area (Å²) in [5, 5.41) is 18.8. The Morgan fingerprint density at radius 2 is 2.07 bits per heavy atom. The molecule has 2 N–H and O–H groups in total. The lowest BCUT2D eigenvalue weighted by molar-refractivity contribution is -0.138. The largest absolute Gasteiger partial charge is 0.481 e. The molecule has 6 atom stereocenters. The zero-order chi connectivity index (χ0) is 11.0. The van der Waals surface area contributed by atoms with Crippen molar-refractivity contribution in [3.05, 3.63) is 0 Å². The lowest BCUT2D eigenvalue weighted by Gasteiger charge is -2.34. The topological polar surface area (TPSA) is 57.5 Å². The van der Waals surface area contributed by atoms with E-state index in [-0.39, 0.29) is 23.4 Å². The van der Waals surface area contributed by atoms with Gasteiger partial charge in [-0.25, -0.2) is 0 Å². The molecule has 4 rings (SSSR count). The average molecular weight is 210 g/mol. The summed E-state index contributed by atoms with van der Waals surface area (Å²) in [5.74, 6) is 0.796. The normalized spacial score (nSPS) is 59.7. The van der Waals surface area contributed by atoms with E-state index < -0.39 is 5.97 Å². The molecule has 4 aliphatic carbocycles. The number of aliphatic hydroxyl groups is 1. The first kappa shape index (κ1) is 9.64. The molecule has 6 unspecified atom stereocenters. The monoisotopic (exact) mass is 210 g/mol. The van der Waals surface area contributed by atoms with Gasteiger partial charge in [-0.2, -0.15) is 0 Å². The SMILES string of the molecule is CC1(CCC(=O)O)C2CC3C(C2O)C31C. The van der Waals surface area contributed by atoms with Gasteiger partial charge in [0.25, 0.3) is 0 Å². The summed E-state index contributed by atoms with van der Waals surface area (Å²) in [4.78, 5) is 10.7. The molecule has 4 saturated carbocycles. The van der Waals surface area contributed by atoms with Gasteiger partial charge in [0.15, 0.2) is 0 Å². The van der Waals surface area contributed by atoms with Crippen molar-refractivity contribution in [1.29, 1.82) is 0 Å². The third kappa shape index (κ3) is 0.814. The van der Waals surface area contributed by atoms with Crippen LogP contribution < -0.4 is 0 Å². The zero-order valence-electron chi connectivity index (χ0n) is 9.23. The number of carboxylic acid groups (broad SMARTS) is 1. The zero-order valence-corrected chi connectivity index (χ0v) is 9.23. The molecule has 0 aromatic heterocycles. The molecule has 0 aromatic carbocycles. The fourth-order valence-electron chi connectivity index (χ4n) is 4.95. The number of aliphatic carboxylic acids is 1. The molecule has 0 amide bonds. The second kappa shape index (κ2) is 2.40. The van der Waals surface area contributed by atoms with Crippen molar-refractivity contribution in [2.75, 3.05) is 0 Å². The number of aliphatic hydroxyl groups excluding tert-OH is 1. The predicted molar refractivity (Wildman–Crippen MR) is 54.2 cm³/mol. The molecule has 3 nitrogen and oxygen atoms in total. The summed E-state index contributed by atoms with van der Waals surface area (Å²) in [6.45, 7) is 4.44. The van der Waals surface area contributed by atoms with Crippen LogP contribution in [0.4, 0.5) is 0 Å². The highest BCUT2D eigenvalue weighted by Crippen LogP contribution is 2.86. The van der Waals surface area contributed by atoms with E-state index in [9.17, 15) is 9.90 Å². The fourth-order valence-corrected chi connectivity index (χ4v) is 4.95. The van der Waals surface area contributed by atoms with Crippen molar-refractivity contribution in [2.24, 2.45) is 28.6 Å². The van der Waals surface area contributed by atoms with Crippen molar-refractivity contribution in [3.63, 3.8) is 0 Å². The van der Waals surface area contributed by atoms with Gasteiger partial charge in [-0.3, -0.25) is 4.79 Å². The first-order chi connectivity index (χ1) is 6.93. The molecule has 3 heteroatoms. The highest BCUT2D eigenvalue weighted by atomic mass is 16.4. The Hall–Kier alpha value is -0.570. The Labute approximate surface area is 89.5 Å². The third-order valence-corrected chi connectivity index (χ3v) is 5.98. The van der Waals surface area contributed by atoms with E-state index in [0.717, 1.165) is 12.8 Å². The molecule has 84 valence electrons. The summed E-state index contributed by atoms with van der Waals surface area (Å²) in [7, 11) is 0. The maximum absolute atomic E-state index is 10.7. The van der Waals surface area contributed by atoms with Gasteiger partial charge in [0.1, 0.15) is 0 Å². The first-order valence-electron chi connectivity index (χ1n) is 5.83. The number of rotatable bonds is 3. The summed E-state index contributed by atoms with van der Waals surface area (Å²) in [6.07, 6.45) is 1.94. The van der Waals surface area contributed by atoms with E-state index in [1.165, 1.54) is 0 Å². The molecule has 0 saturated heterocycles. The Morgan fingerprint density at radius 3 is 2.40 bits per heavy atom. The van der Waals surface area contributed by atoms with Gasteiger partial charge < -0.3 is 10.2 Å². The number of carboxylic acids is 1. The molecule has 0 spiro atoms. The van der Waals surface area contributed by atoms with Gasteiger partial charge in [0, 0.05) is 6.42 Å². The molecular formula is C12H18O3. The maximum atomic E-state index is 10.7. The second-order valence-corrected chi connectivity index (χ2v) is 6.06. The molecule has 0 aromatic rings. The lowest BCUT2D eigenvalue weighted by atomic mass is 9.71. The second-order valence-electron chi connectivity index (χ2n) is 6.06.